The fourth-order valence-electron chi connectivity index (χ4n) is 0.541. The van der Waals surface area contributed by atoms with Crippen LogP contribution in [0.4, 0.5) is 0 Å². The molecule has 0 saturated heterocycles. The van der Waals surface area contributed by atoms with E-state index in [0.29, 0.717) is 0 Å². The summed E-state index contributed by atoms with van der Waals surface area (Å²) in [5.41, 5.74) is -0.537. The van der Waals surface area contributed by atoms with Crippen LogP contribution in [0, 0.1) is 0 Å². The number of carbonyl (C=O) groups is 2. The number of H-pyrrole nitrogens is 1. The predicted octanol–water partition coefficient (Wildman–Crippen LogP) is -0.575. The molecule has 1 aromatic rings. The van der Waals surface area contributed by atoms with Gasteiger partial charge in [-0.25, -0.2) is 9.59 Å². The quantitative estimate of drug-likeness (QED) is 0.548. The summed E-state index contributed by atoms with van der Waals surface area (Å²) in [6.45, 7) is 0. The third-order valence-corrected chi connectivity index (χ3v) is 1.03. The molecule has 0 aliphatic carbocycles. The summed E-state index contributed by atoms with van der Waals surface area (Å²) >= 11 is 0. The van der Waals surface area contributed by atoms with E-state index < -0.39 is 11.9 Å². The van der Waals surface area contributed by atoms with Gasteiger partial charge in [-0.3, -0.25) is 5.10 Å². The minimum absolute atomic E-state index is 0. The molecule has 0 saturated carbocycles. The molecular weight excluding hydrogens is 191 g/mol. The van der Waals surface area contributed by atoms with Crippen molar-refractivity contribution in [2.75, 3.05) is 0 Å². The maximum absolute atomic E-state index is 10.2. The van der Waals surface area contributed by atoms with Gasteiger partial charge in [0, 0.05) is 57.5 Å². The minimum Gasteiger partial charge on any atom is -0.477 e. The van der Waals surface area contributed by atoms with Crippen LogP contribution in [-0.2, 0) is 0 Å². The normalized spacial score (nSPS) is 8.67. The monoisotopic (exact) mass is 195 g/mol. The first kappa shape index (κ1) is 11.8. The van der Waals surface area contributed by atoms with Crippen molar-refractivity contribution in [3.05, 3.63) is 17.5 Å². The van der Waals surface area contributed by atoms with Gasteiger partial charge < -0.3 is 10.2 Å². The Labute approximate surface area is 109 Å². The van der Waals surface area contributed by atoms with Crippen LogP contribution in [-0.4, -0.2) is 83.7 Å². The molecule has 0 bridgehead atoms. The topological polar surface area (TPSA) is 103 Å². The number of aromatic amines is 1. The largest absolute Gasteiger partial charge is 0.477 e. The summed E-state index contributed by atoms with van der Waals surface area (Å²) in [4.78, 5) is 20.3. The van der Waals surface area contributed by atoms with Crippen molar-refractivity contribution in [1.82, 2.24) is 10.2 Å². The van der Waals surface area contributed by atoms with Crippen molar-refractivity contribution in [3.63, 3.8) is 0 Å². The standard InChI is InChI=1S/C5H4N2O4.K/c8-4(9)2-1-3(5(10)11)7-6-2;/h1H,(H,6,7)(H,8,9)(H,10,11);. The van der Waals surface area contributed by atoms with Gasteiger partial charge in [-0.1, -0.05) is 0 Å². The average molecular weight is 195 g/mol. The molecule has 0 amide bonds. The van der Waals surface area contributed by atoms with Crippen LogP contribution in [0.5, 0.6) is 0 Å². The molecule has 0 fully saturated rings. The van der Waals surface area contributed by atoms with Crippen molar-refractivity contribution in [2.45, 2.75) is 0 Å². The number of hydrogen-bond acceptors (Lipinski definition) is 3. The second kappa shape index (κ2) is 4.72. The number of carboxylic acid groups (broad SMARTS) is 2. The number of carboxylic acids is 2. The number of nitrogens with zero attached hydrogens (tertiary/aromatic N) is 1. The summed E-state index contributed by atoms with van der Waals surface area (Å²) in [6.07, 6.45) is 0. The average Bonchev–Trinajstić information content (AvgIpc) is 2.33. The predicted molar refractivity (Wildman–Crippen MR) is 38.3 cm³/mol. The Morgan fingerprint density at radius 1 is 1.33 bits per heavy atom. The maximum Gasteiger partial charge on any atom is 0.356 e. The van der Waals surface area contributed by atoms with E-state index in [4.69, 9.17) is 10.2 Å². The molecule has 59 valence electrons. The summed E-state index contributed by atoms with van der Waals surface area (Å²) < 4.78 is 0. The first-order valence-corrected chi connectivity index (χ1v) is 2.63. The second-order valence-corrected chi connectivity index (χ2v) is 1.78. The van der Waals surface area contributed by atoms with Gasteiger partial charge in [0.15, 0.2) is 5.69 Å². The molecule has 0 spiro atoms. The van der Waals surface area contributed by atoms with E-state index in [9.17, 15) is 9.59 Å². The van der Waals surface area contributed by atoms with Gasteiger partial charge in [-0.2, -0.15) is 5.10 Å². The van der Waals surface area contributed by atoms with Gasteiger partial charge in [0.2, 0.25) is 0 Å². The zero-order chi connectivity index (χ0) is 8.43. The molecule has 7 heteroatoms. The van der Waals surface area contributed by atoms with Crippen LogP contribution in [0.3, 0.4) is 0 Å². The first-order chi connectivity index (χ1) is 5.11. The van der Waals surface area contributed by atoms with E-state index >= 15 is 0 Å². The Morgan fingerprint density at radius 3 is 2.17 bits per heavy atom. The van der Waals surface area contributed by atoms with Crippen molar-refractivity contribution >= 4 is 63.3 Å². The zero-order valence-electron chi connectivity index (χ0n) is 6.24. The van der Waals surface area contributed by atoms with Crippen molar-refractivity contribution < 1.29 is 19.8 Å². The molecule has 0 aromatic carbocycles. The van der Waals surface area contributed by atoms with Crippen molar-refractivity contribution in [3.8, 4) is 0 Å². The molecule has 3 N–H and O–H groups in total. The van der Waals surface area contributed by atoms with Crippen LogP contribution in [0.15, 0.2) is 6.07 Å². The molecule has 6 nitrogen and oxygen atoms in total. The molecule has 0 aliphatic heterocycles. The molecule has 1 aromatic heterocycles. The number of nitrogens with one attached hydrogen (secondary N) is 1. The zero-order valence-corrected chi connectivity index (χ0v) is 9.36. The smallest absolute Gasteiger partial charge is 0.356 e. The number of aromatic carboxylic acids is 2. The summed E-state index contributed by atoms with van der Waals surface area (Å²) in [5, 5.41) is 21.9. The first-order valence-electron chi connectivity index (χ1n) is 2.63. The van der Waals surface area contributed by atoms with E-state index in [1.165, 1.54) is 0 Å². The molecule has 1 rings (SSSR count). The third-order valence-electron chi connectivity index (χ3n) is 1.03. The third kappa shape index (κ3) is 2.68. The van der Waals surface area contributed by atoms with Gasteiger partial charge in [0.1, 0.15) is 5.69 Å². The van der Waals surface area contributed by atoms with Gasteiger partial charge in [-0.05, 0) is 0 Å². The minimum atomic E-state index is -1.26. The van der Waals surface area contributed by atoms with E-state index in [-0.39, 0.29) is 62.8 Å². The Bertz CT molecular complexity index is 280. The van der Waals surface area contributed by atoms with Crippen molar-refractivity contribution in [2.24, 2.45) is 0 Å². The Hall–Kier alpha value is -0.214. The Balaban J connectivity index is 0.00000121. The number of hydrogen-bond donors (Lipinski definition) is 3. The summed E-state index contributed by atoms with van der Waals surface area (Å²) in [7, 11) is 0. The van der Waals surface area contributed by atoms with Crippen LogP contribution in [0.1, 0.15) is 21.0 Å². The van der Waals surface area contributed by atoms with Gasteiger partial charge in [-0.15, -0.1) is 0 Å². The van der Waals surface area contributed by atoms with E-state index in [1.54, 1.807) is 0 Å². The molecule has 0 unspecified atom stereocenters. The SMILES string of the molecule is O=C(O)c1cc(C(=O)O)[nH]n1.[K]. The van der Waals surface area contributed by atoms with Crippen LogP contribution >= 0.6 is 0 Å². The van der Waals surface area contributed by atoms with Crippen LogP contribution < -0.4 is 0 Å². The number of aromatic nitrogens is 2. The van der Waals surface area contributed by atoms with Gasteiger partial charge in [0.05, 0.1) is 0 Å². The molecule has 1 heterocycles. The van der Waals surface area contributed by atoms with Crippen LogP contribution in [0.25, 0.3) is 0 Å². The van der Waals surface area contributed by atoms with Gasteiger partial charge >= 0.3 is 11.9 Å². The van der Waals surface area contributed by atoms with E-state index in [2.05, 4.69) is 10.2 Å². The Kier molecular flexibility index (Phi) is 4.64. The maximum atomic E-state index is 10.2. The summed E-state index contributed by atoms with van der Waals surface area (Å²) in [5.74, 6) is -2.49. The molecule has 12 heavy (non-hydrogen) atoms. The molecule has 0 aliphatic rings. The molecule has 1 radical (unpaired) electrons. The van der Waals surface area contributed by atoms with E-state index in [0.717, 1.165) is 6.07 Å². The molecular formula is C5H4KN2O4. The second-order valence-electron chi connectivity index (χ2n) is 1.78. The van der Waals surface area contributed by atoms with Crippen LogP contribution in [0.2, 0.25) is 0 Å². The summed E-state index contributed by atoms with van der Waals surface area (Å²) in [6, 6.07) is 0.949. The fraction of sp³-hybridized carbons (Fsp3) is 0. The van der Waals surface area contributed by atoms with E-state index in [1.807, 2.05) is 0 Å². The Morgan fingerprint density at radius 2 is 1.92 bits per heavy atom. The molecule has 0 atom stereocenters. The van der Waals surface area contributed by atoms with Gasteiger partial charge in [0.25, 0.3) is 0 Å². The fourth-order valence-corrected chi connectivity index (χ4v) is 0.541. The number of rotatable bonds is 2. The van der Waals surface area contributed by atoms with Crippen molar-refractivity contribution in [1.29, 1.82) is 0 Å².